The molecule has 0 aromatic carbocycles. The van der Waals surface area contributed by atoms with Crippen molar-refractivity contribution in [1.29, 1.82) is 0 Å². The van der Waals surface area contributed by atoms with E-state index in [0.717, 1.165) is 25.7 Å². The number of hydrogen-bond donors (Lipinski definition) is 0. The van der Waals surface area contributed by atoms with Gasteiger partial charge in [0.15, 0.2) is 5.60 Å². The van der Waals surface area contributed by atoms with Crippen LogP contribution in [0.5, 0.6) is 0 Å². The minimum Gasteiger partial charge on any atom is -0.467 e. The Balaban J connectivity index is 2.20. The predicted molar refractivity (Wildman–Crippen MR) is 47.3 cm³/mol. The minimum atomic E-state index is -0.561. The molecule has 2 fully saturated rings. The van der Waals surface area contributed by atoms with Crippen LogP contribution in [-0.2, 0) is 14.3 Å². The molecule has 0 aromatic heterocycles. The van der Waals surface area contributed by atoms with Crippen molar-refractivity contribution in [2.45, 2.75) is 50.2 Å². The fourth-order valence-electron chi connectivity index (χ4n) is 2.65. The molecule has 1 heterocycles. The highest BCUT2D eigenvalue weighted by molar-refractivity contribution is 5.85. The molecule has 0 spiro atoms. The van der Waals surface area contributed by atoms with Crippen LogP contribution in [0.25, 0.3) is 0 Å². The van der Waals surface area contributed by atoms with Gasteiger partial charge in [0.05, 0.1) is 7.11 Å². The van der Waals surface area contributed by atoms with Gasteiger partial charge in [-0.05, 0) is 25.7 Å². The molecule has 2 atom stereocenters. The average molecular weight is 184 g/mol. The van der Waals surface area contributed by atoms with Gasteiger partial charge in [-0.3, -0.25) is 0 Å². The van der Waals surface area contributed by atoms with Crippen LogP contribution in [-0.4, -0.2) is 24.3 Å². The standard InChI is InChI=1S/C10H16O3/c1-3-9-6-4-5-7-10(9,13-9)8(11)12-2/h3-7H2,1-2H3. The summed E-state index contributed by atoms with van der Waals surface area (Å²) in [7, 11) is 1.44. The zero-order valence-electron chi connectivity index (χ0n) is 8.26. The van der Waals surface area contributed by atoms with E-state index in [4.69, 9.17) is 9.47 Å². The van der Waals surface area contributed by atoms with Crippen LogP contribution < -0.4 is 0 Å². The van der Waals surface area contributed by atoms with Gasteiger partial charge in [-0.1, -0.05) is 13.3 Å². The lowest BCUT2D eigenvalue weighted by Crippen LogP contribution is -2.37. The Bertz CT molecular complexity index is 238. The monoisotopic (exact) mass is 184 g/mol. The van der Waals surface area contributed by atoms with Gasteiger partial charge in [0.2, 0.25) is 0 Å². The van der Waals surface area contributed by atoms with E-state index in [1.54, 1.807) is 0 Å². The van der Waals surface area contributed by atoms with Crippen molar-refractivity contribution in [2.24, 2.45) is 0 Å². The number of rotatable bonds is 2. The topological polar surface area (TPSA) is 38.8 Å². The molecule has 1 aliphatic carbocycles. The van der Waals surface area contributed by atoms with Crippen molar-refractivity contribution in [3.8, 4) is 0 Å². The first-order valence-electron chi connectivity index (χ1n) is 4.99. The summed E-state index contributed by atoms with van der Waals surface area (Å²) in [5.41, 5.74) is -0.729. The first kappa shape index (κ1) is 9.00. The summed E-state index contributed by atoms with van der Waals surface area (Å²) in [5, 5.41) is 0. The van der Waals surface area contributed by atoms with Crippen molar-refractivity contribution in [1.82, 2.24) is 0 Å². The molecule has 1 saturated heterocycles. The van der Waals surface area contributed by atoms with E-state index in [2.05, 4.69) is 6.92 Å². The lowest BCUT2D eigenvalue weighted by molar-refractivity contribution is -0.147. The number of hydrogen-bond acceptors (Lipinski definition) is 3. The Kier molecular flexibility index (Phi) is 1.88. The van der Waals surface area contributed by atoms with Crippen LogP contribution in [0.15, 0.2) is 0 Å². The fourth-order valence-corrected chi connectivity index (χ4v) is 2.65. The molecule has 2 aliphatic rings. The highest BCUT2D eigenvalue weighted by atomic mass is 16.7. The second kappa shape index (κ2) is 2.71. The Morgan fingerprint density at radius 3 is 2.77 bits per heavy atom. The third-order valence-electron chi connectivity index (χ3n) is 3.51. The van der Waals surface area contributed by atoms with Crippen molar-refractivity contribution in [3.05, 3.63) is 0 Å². The van der Waals surface area contributed by atoms with E-state index < -0.39 is 5.60 Å². The third-order valence-corrected chi connectivity index (χ3v) is 3.51. The normalized spacial score (nSPS) is 42.3. The van der Waals surface area contributed by atoms with Gasteiger partial charge in [0, 0.05) is 0 Å². The van der Waals surface area contributed by atoms with E-state index in [1.807, 2.05) is 0 Å². The summed E-state index contributed by atoms with van der Waals surface area (Å²) < 4.78 is 10.5. The number of ether oxygens (including phenoxy) is 2. The summed E-state index contributed by atoms with van der Waals surface area (Å²) in [6.45, 7) is 2.08. The second-order valence-corrected chi connectivity index (χ2v) is 3.98. The molecule has 0 N–H and O–H groups in total. The lowest BCUT2D eigenvalue weighted by Gasteiger charge is -2.21. The van der Waals surface area contributed by atoms with Crippen molar-refractivity contribution >= 4 is 5.97 Å². The lowest BCUT2D eigenvalue weighted by atomic mass is 9.78. The molecule has 3 heteroatoms. The molecule has 2 unspecified atom stereocenters. The van der Waals surface area contributed by atoms with Gasteiger partial charge < -0.3 is 9.47 Å². The van der Waals surface area contributed by atoms with Crippen molar-refractivity contribution < 1.29 is 14.3 Å². The van der Waals surface area contributed by atoms with Gasteiger partial charge in [-0.2, -0.15) is 0 Å². The Morgan fingerprint density at radius 2 is 2.15 bits per heavy atom. The van der Waals surface area contributed by atoms with E-state index in [1.165, 1.54) is 13.5 Å². The van der Waals surface area contributed by atoms with Gasteiger partial charge in [-0.25, -0.2) is 4.79 Å². The summed E-state index contributed by atoms with van der Waals surface area (Å²) in [4.78, 5) is 11.5. The largest absolute Gasteiger partial charge is 0.467 e. The second-order valence-electron chi connectivity index (χ2n) is 3.98. The molecule has 2 rings (SSSR count). The van der Waals surface area contributed by atoms with Crippen LogP contribution >= 0.6 is 0 Å². The Labute approximate surface area is 78.4 Å². The maximum atomic E-state index is 11.5. The zero-order valence-corrected chi connectivity index (χ0v) is 8.26. The molecule has 0 radical (unpaired) electrons. The highest BCUT2D eigenvalue weighted by Crippen LogP contribution is 2.59. The van der Waals surface area contributed by atoms with E-state index in [9.17, 15) is 4.79 Å². The smallest absolute Gasteiger partial charge is 0.341 e. The number of methoxy groups -OCH3 is 1. The molecular formula is C10H16O3. The first-order chi connectivity index (χ1) is 6.21. The molecule has 74 valence electrons. The molecule has 3 nitrogen and oxygen atoms in total. The Morgan fingerprint density at radius 1 is 1.46 bits per heavy atom. The van der Waals surface area contributed by atoms with Crippen molar-refractivity contribution in [3.63, 3.8) is 0 Å². The van der Waals surface area contributed by atoms with Crippen molar-refractivity contribution in [2.75, 3.05) is 7.11 Å². The number of fused-ring (bicyclic) bond motifs is 1. The number of carbonyl (C=O) groups excluding carboxylic acids is 1. The number of carbonyl (C=O) groups is 1. The molecule has 0 aromatic rings. The highest BCUT2D eigenvalue weighted by Gasteiger charge is 2.74. The van der Waals surface area contributed by atoms with Gasteiger partial charge in [0.1, 0.15) is 5.60 Å². The quantitative estimate of drug-likeness (QED) is 0.484. The molecule has 13 heavy (non-hydrogen) atoms. The van der Waals surface area contributed by atoms with Crippen LogP contribution in [0.1, 0.15) is 39.0 Å². The van der Waals surface area contributed by atoms with E-state index >= 15 is 0 Å². The number of epoxide rings is 1. The van der Waals surface area contributed by atoms with E-state index in [-0.39, 0.29) is 11.6 Å². The number of esters is 1. The maximum absolute atomic E-state index is 11.5. The van der Waals surface area contributed by atoms with Gasteiger partial charge in [0.25, 0.3) is 0 Å². The minimum absolute atomic E-state index is 0.168. The third kappa shape index (κ3) is 0.966. The van der Waals surface area contributed by atoms with Crippen LogP contribution in [0.2, 0.25) is 0 Å². The molecule has 1 aliphatic heterocycles. The van der Waals surface area contributed by atoms with Gasteiger partial charge in [-0.15, -0.1) is 0 Å². The fraction of sp³-hybridized carbons (Fsp3) is 0.900. The van der Waals surface area contributed by atoms with Crippen LogP contribution in [0.3, 0.4) is 0 Å². The first-order valence-corrected chi connectivity index (χ1v) is 4.99. The predicted octanol–water partition coefficient (Wildman–Crippen LogP) is 1.65. The molecular weight excluding hydrogens is 168 g/mol. The average Bonchev–Trinajstić information content (AvgIpc) is 2.87. The molecule has 1 saturated carbocycles. The summed E-state index contributed by atoms with van der Waals surface area (Å²) in [6, 6.07) is 0. The van der Waals surface area contributed by atoms with Crippen LogP contribution in [0.4, 0.5) is 0 Å². The molecule has 0 bridgehead atoms. The van der Waals surface area contributed by atoms with Crippen LogP contribution in [0, 0.1) is 0 Å². The van der Waals surface area contributed by atoms with E-state index in [0.29, 0.717) is 0 Å². The Hall–Kier alpha value is -0.570. The zero-order chi connectivity index (χ0) is 9.53. The summed E-state index contributed by atoms with van der Waals surface area (Å²) in [6.07, 6.45) is 5.03. The summed E-state index contributed by atoms with van der Waals surface area (Å²) >= 11 is 0. The molecule has 0 amide bonds. The maximum Gasteiger partial charge on any atom is 0.341 e. The SMILES string of the molecule is CCC12CCCCC1(C(=O)OC)O2. The summed E-state index contributed by atoms with van der Waals surface area (Å²) in [5.74, 6) is -0.172. The van der Waals surface area contributed by atoms with Gasteiger partial charge >= 0.3 is 5.97 Å².